The van der Waals surface area contributed by atoms with Gasteiger partial charge in [0.1, 0.15) is 36.2 Å². The molecule has 0 aliphatic rings. The Labute approximate surface area is 344 Å². The van der Waals surface area contributed by atoms with Gasteiger partial charge in [-0.25, -0.2) is 9.97 Å². The van der Waals surface area contributed by atoms with E-state index >= 15 is 0 Å². The molecule has 2 aromatic carbocycles. The first-order valence-corrected chi connectivity index (χ1v) is 19.6. The quantitative estimate of drug-likeness (QED) is 0.101. The van der Waals surface area contributed by atoms with E-state index in [0.717, 1.165) is 29.1 Å². The molecule has 6 aromatic rings. The molecule has 0 amide bonds. The van der Waals surface area contributed by atoms with Crippen molar-refractivity contribution in [2.75, 3.05) is 26.4 Å². The van der Waals surface area contributed by atoms with Gasteiger partial charge in [0.2, 0.25) is 11.8 Å². The molecule has 0 saturated heterocycles. The molecule has 4 aromatic heterocycles. The number of aliphatic hydroxyl groups excluding tert-OH is 4. The zero-order valence-electron chi connectivity index (χ0n) is 32.2. The van der Waals surface area contributed by atoms with E-state index in [9.17, 15) is 19.8 Å². The zero-order valence-corrected chi connectivity index (χ0v) is 34.5. The lowest BCUT2D eigenvalue weighted by atomic mass is 10.1. The maximum atomic E-state index is 12.9. The van der Waals surface area contributed by atoms with Gasteiger partial charge in [0.25, 0.3) is 0 Å². The van der Waals surface area contributed by atoms with E-state index in [4.69, 9.17) is 54.5 Å². The Balaban J connectivity index is 0.000000218. The van der Waals surface area contributed by atoms with Gasteiger partial charge in [0, 0.05) is 34.9 Å². The Kier molecular flexibility index (Phi) is 14.7. The van der Waals surface area contributed by atoms with Crippen LogP contribution in [-0.2, 0) is 19.3 Å². The second kappa shape index (κ2) is 19.3. The Hall–Kier alpha value is -4.53. The minimum atomic E-state index is -1.08. The number of hydrogen-bond acceptors (Lipinski definition) is 10. The molecule has 0 fully saturated rings. The summed E-state index contributed by atoms with van der Waals surface area (Å²) < 4.78 is 15.0. The van der Waals surface area contributed by atoms with Crippen LogP contribution in [0.1, 0.15) is 49.1 Å². The van der Waals surface area contributed by atoms with Crippen LogP contribution >= 0.6 is 34.8 Å². The molecule has 0 aliphatic heterocycles. The Morgan fingerprint density at radius 3 is 1.44 bits per heavy atom. The summed E-state index contributed by atoms with van der Waals surface area (Å²) in [5, 5.41) is 39.4. The van der Waals surface area contributed by atoms with Crippen LogP contribution in [0, 0.1) is 13.8 Å². The predicted molar refractivity (Wildman–Crippen MR) is 224 cm³/mol. The summed E-state index contributed by atoms with van der Waals surface area (Å²) in [4.78, 5) is 34.5. The van der Waals surface area contributed by atoms with Gasteiger partial charge in [-0.05, 0) is 69.0 Å². The smallest absolute Gasteiger partial charge is 0.227 e. The normalized spacial score (nSPS) is 12.4. The molecular formula is C42H45Cl3N4O8. The summed E-state index contributed by atoms with van der Waals surface area (Å²) in [6.07, 6.45) is -0.110. The average molecular weight is 840 g/mol. The van der Waals surface area contributed by atoms with Gasteiger partial charge >= 0.3 is 0 Å². The average Bonchev–Trinajstić information content (AvgIpc) is 3.19. The molecule has 4 heterocycles. The first kappa shape index (κ1) is 43.6. The number of aliphatic hydroxyl groups is 4. The van der Waals surface area contributed by atoms with Crippen molar-refractivity contribution in [1.29, 1.82) is 0 Å². The number of halogens is 3. The molecule has 4 N–H and O–H groups in total. The van der Waals surface area contributed by atoms with Crippen molar-refractivity contribution in [2.24, 2.45) is 0 Å². The third-order valence-electron chi connectivity index (χ3n) is 9.20. The van der Waals surface area contributed by atoms with Gasteiger partial charge in [-0.15, -0.1) is 0 Å². The number of aryl methyl sites for hydroxylation is 5. The van der Waals surface area contributed by atoms with Crippen LogP contribution in [0.2, 0.25) is 15.1 Å². The van der Waals surface area contributed by atoms with Crippen molar-refractivity contribution < 1.29 is 29.9 Å². The highest BCUT2D eigenvalue weighted by molar-refractivity contribution is 6.38. The summed E-state index contributed by atoms with van der Waals surface area (Å²) in [5.41, 5.74) is 6.01. The molecule has 2 atom stereocenters. The molecule has 57 heavy (non-hydrogen) atoms. The van der Waals surface area contributed by atoms with Gasteiger partial charge in [0.15, 0.2) is 10.9 Å². The Bertz CT molecular complexity index is 2500. The van der Waals surface area contributed by atoms with E-state index in [1.807, 2.05) is 49.6 Å². The highest BCUT2D eigenvalue weighted by Crippen LogP contribution is 2.34. The molecule has 2 unspecified atom stereocenters. The minimum absolute atomic E-state index is 0.101. The number of ether oxygens (including phenoxy) is 2. The maximum absolute atomic E-state index is 12.9. The number of aromatic nitrogens is 4. The minimum Gasteiger partial charge on any atom is -0.474 e. The summed E-state index contributed by atoms with van der Waals surface area (Å²) >= 11 is 19.4. The SMILES string of the molecule is CCc1cc2c(c(OCC(O)CO)n1)c(=O)cc(C)n2-c1c(Cl)cccc1CC.CCc1cc2c(c(OCC(O)CO)n1)c(=O)cc(C)n2-c1c(Cl)cccc1Cl. The van der Waals surface area contributed by atoms with Crippen LogP contribution in [0.15, 0.2) is 70.3 Å². The van der Waals surface area contributed by atoms with E-state index in [1.165, 1.54) is 12.1 Å². The Morgan fingerprint density at radius 2 is 1.04 bits per heavy atom. The maximum Gasteiger partial charge on any atom is 0.227 e. The second-order valence-corrected chi connectivity index (χ2v) is 14.5. The fourth-order valence-corrected chi connectivity index (χ4v) is 7.23. The number of rotatable bonds is 13. The first-order valence-electron chi connectivity index (χ1n) is 18.5. The summed E-state index contributed by atoms with van der Waals surface area (Å²) in [7, 11) is 0. The molecule has 302 valence electrons. The van der Waals surface area contributed by atoms with E-state index < -0.39 is 25.4 Å². The number of nitrogens with zero attached hydrogens (tertiary/aromatic N) is 4. The number of benzene rings is 2. The number of fused-ring (bicyclic) bond motifs is 2. The van der Waals surface area contributed by atoms with E-state index in [1.54, 1.807) is 35.8 Å². The molecule has 0 aliphatic carbocycles. The van der Waals surface area contributed by atoms with Crippen molar-refractivity contribution >= 4 is 56.6 Å². The first-order chi connectivity index (χ1) is 27.3. The van der Waals surface area contributed by atoms with E-state index in [-0.39, 0.29) is 41.2 Å². The van der Waals surface area contributed by atoms with Gasteiger partial charge in [0.05, 0.1) is 50.7 Å². The van der Waals surface area contributed by atoms with Crippen molar-refractivity contribution in [3.05, 3.63) is 125 Å². The number of hydrogen-bond donors (Lipinski definition) is 4. The third kappa shape index (κ3) is 9.45. The molecule has 6 rings (SSSR count). The third-order valence-corrected chi connectivity index (χ3v) is 10.1. The van der Waals surface area contributed by atoms with E-state index in [0.29, 0.717) is 61.4 Å². The van der Waals surface area contributed by atoms with Gasteiger partial charge in [-0.3, -0.25) is 9.59 Å². The molecule has 0 radical (unpaired) electrons. The van der Waals surface area contributed by atoms with Crippen LogP contribution in [0.4, 0.5) is 0 Å². The monoisotopic (exact) mass is 838 g/mol. The zero-order chi connectivity index (χ0) is 41.6. The highest BCUT2D eigenvalue weighted by atomic mass is 35.5. The standard InChI is InChI=1S/C22H25ClN2O4.C20H20Cl2N2O4/c1-4-14-7-6-8-17(23)21(14)25-13(3)9-19(28)20-18(25)10-15(5-2)24-22(20)29-12-16(27)11-26;1-3-12-8-16-18(20(23-12)28-10-13(26)9-25)17(27)7-11(2)24(16)19-14(21)5-4-6-15(19)22/h6-10,16,26-27H,4-5,11-12H2,1-3H3;4-8,13,25-26H,3,9-10H2,1-2H3. The van der Waals surface area contributed by atoms with Crippen LogP contribution < -0.4 is 20.3 Å². The Morgan fingerprint density at radius 1 is 0.632 bits per heavy atom. The lowest BCUT2D eigenvalue weighted by Gasteiger charge is -2.21. The molecular weight excluding hydrogens is 795 g/mol. The summed E-state index contributed by atoms with van der Waals surface area (Å²) in [6.45, 7) is 8.37. The molecule has 12 nitrogen and oxygen atoms in total. The largest absolute Gasteiger partial charge is 0.474 e. The summed E-state index contributed by atoms with van der Waals surface area (Å²) in [5.74, 6) is 0.250. The molecule has 0 saturated carbocycles. The van der Waals surface area contributed by atoms with Crippen LogP contribution in [0.5, 0.6) is 11.8 Å². The second-order valence-electron chi connectivity index (χ2n) is 13.3. The fraction of sp³-hybridized carbons (Fsp3) is 0.333. The van der Waals surface area contributed by atoms with Crippen molar-refractivity contribution in [3.8, 4) is 23.1 Å². The van der Waals surface area contributed by atoms with Gasteiger partial charge in [-0.1, -0.05) is 73.8 Å². The fourth-order valence-electron chi connectivity index (χ4n) is 6.38. The van der Waals surface area contributed by atoms with Gasteiger partial charge in [-0.2, -0.15) is 0 Å². The molecule has 0 bridgehead atoms. The predicted octanol–water partition coefficient (Wildman–Crippen LogP) is 6.50. The molecule has 15 heteroatoms. The van der Waals surface area contributed by atoms with Crippen molar-refractivity contribution in [1.82, 2.24) is 19.1 Å². The van der Waals surface area contributed by atoms with Crippen LogP contribution in [0.3, 0.4) is 0 Å². The lowest BCUT2D eigenvalue weighted by Crippen LogP contribution is -2.23. The van der Waals surface area contributed by atoms with Crippen LogP contribution in [-0.4, -0.2) is 78.2 Å². The van der Waals surface area contributed by atoms with E-state index in [2.05, 4.69) is 16.9 Å². The van der Waals surface area contributed by atoms with Crippen molar-refractivity contribution in [3.63, 3.8) is 0 Å². The molecule has 0 spiro atoms. The topological polar surface area (TPSA) is 169 Å². The number of para-hydroxylation sites is 2. The highest BCUT2D eigenvalue weighted by Gasteiger charge is 2.21. The summed E-state index contributed by atoms with van der Waals surface area (Å²) in [6, 6.07) is 17.6. The van der Waals surface area contributed by atoms with Crippen LogP contribution in [0.25, 0.3) is 33.2 Å². The lowest BCUT2D eigenvalue weighted by molar-refractivity contribution is 0.0526. The van der Waals surface area contributed by atoms with Gasteiger partial charge < -0.3 is 39.0 Å². The van der Waals surface area contributed by atoms with Crippen molar-refractivity contribution in [2.45, 2.75) is 66.1 Å². The number of pyridine rings is 4.